The number of rotatable bonds is 6. The minimum atomic E-state index is -0.264. The molecule has 0 radical (unpaired) electrons. The lowest BCUT2D eigenvalue weighted by Crippen LogP contribution is -2.50. The van der Waals surface area contributed by atoms with Crippen molar-refractivity contribution >= 4 is 22.6 Å². The van der Waals surface area contributed by atoms with Crippen LogP contribution in [0.2, 0.25) is 0 Å². The Bertz CT molecular complexity index is 1440. The third kappa shape index (κ3) is 4.75. The molecule has 8 heteroatoms. The zero-order chi connectivity index (χ0) is 25.1. The third-order valence-corrected chi connectivity index (χ3v) is 6.33. The van der Waals surface area contributed by atoms with Gasteiger partial charge in [0.05, 0.1) is 23.7 Å². The van der Waals surface area contributed by atoms with Gasteiger partial charge >= 0.3 is 0 Å². The number of para-hydroxylation sites is 1. The minimum Gasteiger partial charge on any atom is -0.497 e. The number of piperazine rings is 1. The fraction of sp³-hybridized carbons (Fsp3) is 0.214. The Morgan fingerprint density at radius 1 is 0.972 bits per heavy atom. The number of nitrogens with zero attached hydrogens (tertiary/aromatic N) is 2. The van der Waals surface area contributed by atoms with Crippen LogP contribution >= 0.6 is 0 Å². The van der Waals surface area contributed by atoms with Gasteiger partial charge in [-0.15, -0.1) is 0 Å². The van der Waals surface area contributed by atoms with E-state index in [9.17, 15) is 14.0 Å². The summed E-state index contributed by atoms with van der Waals surface area (Å²) < 4.78 is 30.6. The van der Waals surface area contributed by atoms with Crippen LogP contribution in [0.25, 0.3) is 22.1 Å². The summed E-state index contributed by atoms with van der Waals surface area (Å²) in [5, 5.41) is 0.422. The first-order chi connectivity index (χ1) is 17.5. The predicted octanol–water partition coefficient (Wildman–Crippen LogP) is 4.34. The quantitative estimate of drug-likeness (QED) is 0.402. The first-order valence-electron chi connectivity index (χ1n) is 11.6. The zero-order valence-electron chi connectivity index (χ0n) is 19.8. The number of hydrogen-bond donors (Lipinski definition) is 0. The van der Waals surface area contributed by atoms with E-state index in [1.165, 1.54) is 12.3 Å². The van der Waals surface area contributed by atoms with Crippen molar-refractivity contribution in [3.05, 3.63) is 89.0 Å². The number of hydrogen-bond acceptors (Lipinski definition) is 6. The second-order valence-corrected chi connectivity index (χ2v) is 8.47. The van der Waals surface area contributed by atoms with E-state index >= 15 is 0 Å². The average Bonchev–Trinajstić information content (AvgIpc) is 2.92. The summed E-state index contributed by atoms with van der Waals surface area (Å²) in [7, 11) is 1.58. The summed E-state index contributed by atoms with van der Waals surface area (Å²) in [6.07, 6.45) is 1.43. The largest absolute Gasteiger partial charge is 0.497 e. The van der Waals surface area contributed by atoms with E-state index in [4.69, 9.17) is 13.9 Å². The molecule has 0 unspecified atom stereocenters. The van der Waals surface area contributed by atoms with Gasteiger partial charge in [0.2, 0.25) is 0 Å². The molecule has 0 atom stereocenters. The molecule has 4 aromatic rings. The van der Waals surface area contributed by atoms with Gasteiger partial charge in [-0.2, -0.15) is 0 Å². The Balaban J connectivity index is 1.22. The Kier molecular flexibility index (Phi) is 6.58. The van der Waals surface area contributed by atoms with Crippen LogP contribution in [-0.2, 0) is 4.79 Å². The lowest BCUT2D eigenvalue weighted by molar-refractivity contribution is -0.133. The average molecular weight is 489 g/mol. The number of ether oxygens (including phenoxy) is 2. The van der Waals surface area contributed by atoms with Crippen LogP contribution < -0.4 is 19.8 Å². The highest BCUT2D eigenvalue weighted by atomic mass is 19.1. The Morgan fingerprint density at radius 2 is 1.69 bits per heavy atom. The minimum absolute atomic E-state index is 0.140. The summed E-state index contributed by atoms with van der Waals surface area (Å²) in [4.78, 5) is 29.3. The molecule has 1 aliphatic rings. The predicted molar refractivity (Wildman–Crippen MR) is 135 cm³/mol. The molecule has 1 saturated heterocycles. The van der Waals surface area contributed by atoms with Gasteiger partial charge in [-0.05, 0) is 42.0 Å². The number of carbonyl (C=O) groups excluding carboxylic acids is 1. The van der Waals surface area contributed by atoms with Crippen LogP contribution in [0.3, 0.4) is 0 Å². The Morgan fingerprint density at radius 3 is 2.42 bits per heavy atom. The maximum absolute atomic E-state index is 14.0. The Hall–Kier alpha value is -4.33. The van der Waals surface area contributed by atoms with Crippen molar-refractivity contribution in [1.82, 2.24) is 4.90 Å². The van der Waals surface area contributed by atoms with Crippen LogP contribution in [0.4, 0.5) is 10.1 Å². The van der Waals surface area contributed by atoms with Gasteiger partial charge in [0.25, 0.3) is 5.91 Å². The molecular formula is C28H25FN2O5. The first-order valence-corrected chi connectivity index (χ1v) is 11.6. The van der Waals surface area contributed by atoms with Crippen LogP contribution in [0, 0.1) is 5.82 Å². The van der Waals surface area contributed by atoms with E-state index < -0.39 is 0 Å². The number of anilines is 1. The maximum Gasteiger partial charge on any atom is 0.260 e. The summed E-state index contributed by atoms with van der Waals surface area (Å²) in [6, 6.07) is 18.7. The second-order valence-electron chi connectivity index (χ2n) is 8.47. The molecule has 0 spiro atoms. The molecule has 5 rings (SSSR count). The fourth-order valence-corrected chi connectivity index (χ4v) is 4.31. The zero-order valence-corrected chi connectivity index (χ0v) is 19.8. The molecule has 7 nitrogen and oxygen atoms in total. The smallest absolute Gasteiger partial charge is 0.260 e. The molecule has 36 heavy (non-hydrogen) atoms. The van der Waals surface area contributed by atoms with Gasteiger partial charge in [0.15, 0.2) is 12.0 Å². The van der Waals surface area contributed by atoms with Crippen LogP contribution in [0.1, 0.15) is 0 Å². The summed E-state index contributed by atoms with van der Waals surface area (Å²) in [6.45, 7) is 1.92. The third-order valence-electron chi connectivity index (χ3n) is 6.33. The van der Waals surface area contributed by atoms with Crippen molar-refractivity contribution < 1.29 is 23.1 Å². The molecule has 0 saturated carbocycles. The van der Waals surface area contributed by atoms with Crippen molar-refractivity contribution in [3.8, 4) is 22.6 Å². The number of fused-ring (bicyclic) bond motifs is 1. The van der Waals surface area contributed by atoms with E-state index in [0.717, 1.165) is 5.56 Å². The molecule has 0 N–H and O–H groups in total. The molecule has 3 aromatic carbocycles. The van der Waals surface area contributed by atoms with Gasteiger partial charge in [-0.25, -0.2) is 4.39 Å². The summed E-state index contributed by atoms with van der Waals surface area (Å²) >= 11 is 0. The van der Waals surface area contributed by atoms with Crippen molar-refractivity contribution in [2.45, 2.75) is 0 Å². The van der Waals surface area contributed by atoms with E-state index in [1.54, 1.807) is 72.7 Å². The monoisotopic (exact) mass is 488 g/mol. The number of halogens is 1. The van der Waals surface area contributed by atoms with E-state index in [2.05, 4.69) is 0 Å². The lowest BCUT2D eigenvalue weighted by Gasteiger charge is -2.36. The highest BCUT2D eigenvalue weighted by Crippen LogP contribution is 2.25. The molecule has 1 aliphatic heterocycles. The van der Waals surface area contributed by atoms with E-state index in [-0.39, 0.29) is 23.8 Å². The number of carbonyl (C=O) groups is 1. The number of amides is 1. The molecule has 0 bridgehead atoms. The van der Waals surface area contributed by atoms with Crippen LogP contribution in [0.15, 0.2) is 82.2 Å². The van der Waals surface area contributed by atoms with Crippen molar-refractivity contribution in [3.63, 3.8) is 0 Å². The van der Waals surface area contributed by atoms with E-state index in [1.807, 2.05) is 4.90 Å². The van der Waals surface area contributed by atoms with Gasteiger partial charge in [0, 0.05) is 32.2 Å². The molecule has 2 heterocycles. The molecule has 0 aliphatic carbocycles. The van der Waals surface area contributed by atoms with Crippen molar-refractivity contribution in [2.24, 2.45) is 0 Å². The Labute approximate surface area is 207 Å². The molecular weight excluding hydrogens is 463 g/mol. The van der Waals surface area contributed by atoms with E-state index in [0.29, 0.717) is 59.9 Å². The van der Waals surface area contributed by atoms with Gasteiger partial charge < -0.3 is 23.7 Å². The van der Waals surface area contributed by atoms with Crippen molar-refractivity contribution in [1.29, 1.82) is 0 Å². The van der Waals surface area contributed by atoms with Crippen LogP contribution in [-0.4, -0.2) is 50.7 Å². The van der Waals surface area contributed by atoms with Gasteiger partial charge in [-0.1, -0.05) is 24.3 Å². The summed E-state index contributed by atoms with van der Waals surface area (Å²) in [5.74, 6) is 0.715. The SMILES string of the molecule is COc1ccc(-c2coc3cc(OCC(=O)N4CCN(c5ccccc5F)CC4)ccc3c2=O)cc1. The fourth-order valence-electron chi connectivity index (χ4n) is 4.31. The number of methoxy groups -OCH3 is 1. The summed E-state index contributed by atoms with van der Waals surface area (Å²) in [5.41, 5.74) is 1.95. The first kappa shape index (κ1) is 23.4. The highest BCUT2D eigenvalue weighted by molar-refractivity contribution is 5.83. The highest BCUT2D eigenvalue weighted by Gasteiger charge is 2.23. The molecule has 1 fully saturated rings. The van der Waals surface area contributed by atoms with Gasteiger partial charge in [-0.3, -0.25) is 9.59 Å². The topological polar surface area (TPSA) is 72.2 Å². The second kappa shape index (κ2) is 10.1. The normalized spacial score (nSPS) is 13.6. The van der Waals surface area contributed by atoms with Crippen LogP contribution in [0.5, 0.6) is 11.5 Å². The van der Waals surface area contributed by atoms with Gasteiger partial charge in [0.1, 0.15) is 29.2 Å². The molecule has 1 aromatic heterocycles. The number of benzene rings is 3. The molecule has 1 amide bonds. The standard InChI is InChI=1S/C28H25FN2O5/c1-34-20-8-6-19(7-9-20)23-17-36-26-16-21(10-11-22(26)28(23)33)35-18-27(32)31-14-12-30(13-15-31)25-5-3-2-4-24(25)29/h2-11,16-17H,12-15,18H2,1H3. The lowest BCUT2D eigenvalue weighted by atomic mass is 10.1. The maximum atomic E-state index is 14.0. The van der Waals surface area contributed by atoms with Crippen molar-refractivity contribution in [2.75, 3.05) is 44.8 Å². The molecule has 184 valence electrons.